The molecule has 74 valence electrons. The maximum absolute atomic E-state index is 11.2. The Balaban J connectivity index is 2.37. The fourth-order valence-electron chi connectivity index (χ4n) is 1.83. The van der Waals surface area contributed by atoms with Crippen LogP contribution in [-0.4, -0.2) is 0 Å². The minimum Gasteiger partial charge on any atom is -0.441 e. The normalized spacial score (nSPS) is 18.5. The van der Waals surface area contributed by atoms with Crippen molar-refractivity contribution in [3.05, 3.63) is 47.8 Å². The van der Waals surface area contributed by atoms with Crippen LogP contribution in [0.3, 0.4) is 0 Å². The van der Waals surface area contributed by atoms with Crippen LogP contribution in [0.5, 0.6) is 5.75 Å². The second-order valence-corrected chi connectivity index (χ2v) is 4.63. The Labute approximate surface area is 88.1 Å². The van der Waals surface area contributed by atoms with Crippen molar-refractivity contribution in [1.29, 1.82) is 0 Å². The third-order valence-corrected chi connectivity index (χ3v) is 3.39. The van der Waals surface area contributed by atoms with Crippen molar-refractivity contribution in [2.45, 2.75) is 0 Å². The van der Waals surface area contributed by atoms with Crippen LogP contribution in [0.25, 0.3) is 16.8 Å². The molecule has 1 atom stereocenters. The van der Waals surface area contributed by atoms with Gasteiger partial charge in [-0.1, -0.05) is 30.3 Å². The summed E-state index contributed by atoms with van der Waals surface area (Å²) in [6.45, 7) is 0. The molecular formula is C12H9O2P. The molecule has 0 saturated heterocycles. The van der Waals surface area contributed by atoms with Gasteiger partial charge in [0.05, 0.1) is 0 Å². The minimum atomic E-state index is -2.00. The molecule has 0 N–H and O–H groups in total. The molecule has 1 aliphatic rings. The lowest BCUT2D eigenvalue weighted by Gasteiger charge is -2.13. The first-order valence-corrected chi connectivity index (χ1v) is 6.15. The van der Waals surface area contributed by atoms with E-state index in [9.17, 15) is 4.57 Å². The molecule has 1 aliphatic heterocycles. The summed E-state index contributed by atoms with van der Waals surface area (Å²) in [7, 11) is -2.00. The average molecular weight is 216 g/mol. The summed E-state index contributed by atoms with van der Waals surface area (Å²) in [5.74, 6) is 2.36. The lowest BCUT2D eigenvalue weighted by Crippen LogP contribution is -1.90. The number of benzene rings is 2. The van der Waals surface area contributed by atoms with Crippen LogP contribution in [0, 0.1) is 0 Å². The molecule has 0 aromatic heterocycles. The first kappa shape index (κ1) is 8.75. The standard InChI is InChI=1S/C12H9O2P/c13-15-8-7-11-10-4-2-1-3-9(10)5-6-12(11)14-15/h1-8,15H. The van der Waals surface area contributed by atoms with Crippen molar-refractivity contribution in [3.63, 3.8) is 0 Å². The molecule has 1 unspecified atom stereocenters. The molecule has 0 radical (unpaired) electrons. The Kier molecular flexibility index (Phi) is 1.90. The highest BCUT2D eigenvalue weighted by atomic mass is 31.1. The van der Waals surface area contributed by atoms with E-state index < -0.39 is 8.03 Å². The minimum absolute atomic E-state index is 0.722. The highest BCUT2D eigenvalue weighted by Crippen LogP contribution is 2.40. The molecule has 2 aromatic rings. The molecule has 3 rings (SSSR count). The van der Waals surface area contributed by atoms with Crippen LogP contribution in [0.2, 0.25) is 0 Å². The van der Waals surface area contributed by atoms with Crippen molar-refractivity contribution in [3.8, 4) is 5.75 Å². The molecule has 15 heavy (non-hydrogen) atoms. The van der Waals surface area contributed by atoms with Crippen molar-refractivity contribution in [2.24, 2.45) is 0 Å². The zero-order valence-corrected chi connectivity index (χ0v) is 8.94. The third-order valence-electron chi connectivity index (χ3n) is 2.53. The van der Waals surface area contributed by atoms with Crippen LogP contribution >= 0.6 is 8.03 Å². The van der Waals surface area contributed by atoms with Gasteiger partial charge in [-0.15, -0.1) is 0 Å². The maximum atomic E-state index is 11.2. The second-order valence-electron chi connectivity index (χ2n) is 3.45. The number of fused-ring (bicyclic) bond motifs is 3. The Morgan fingerprint density at radius 2 is 1.93 bits per heavy atom. The van der Waals surface area contributed by atoms with Crippen LogP contribution in [0.4, 0.5) is 0 Å². The van der Waals surface area contributed by atoms with Gasteiger partial charge in [0, 0.05) is 11.4 Å². The van der Waals surface area contributed by atoms with E-state index in [4.69, 9.17) is 4.52 Å². The summed E-state index contributed by atoms with van der Waals surface area (Å²) in [5.41, 5.74) is 1.03. The van der Waals surface area contributed by atoms with Crippen molar-refractivity contribution in [2.75, 3.05) is 0 Å². The lowest BCUT2D eigenvalue weighted by molar-refractivity contribution is 0.512. The number of hydrogen-bond donors (Lipinski definition) is 0. The summed E-state index contributed by atoms with van der Waals surface area (Å²) < 4.78 is 16.5. The van der Waals surface area contributed by atoms with Crippen LogP contribution in [-0.2, 0) is 4.57 Å². The SMILES string of the molecule is O=[PH]1C=Cc2c(ccc3ccccc23)O1. The molecule has 3 heteroatoms. The monoisotopic (exact) mass is 216 g/mol. The summed E-state index contributed by atoms with van der Waals surface area (Å²) >= 11 is 0. The Morgan fingerprint density at radius 1 is 1.07 bits per heavy atom. The number of rotatable bonds is 0. The maximum Gasteiger partial charge on any atom is 0.258 e. The zero-order chi connectivity index (χ0) is 10.3. The predicted molar refractivity (Wildman–Crippen MR) is 62.6 cm³/mol. The van der Waals surface area contributed by atoms with E-state index in [2.05, 4.69) is 6.07 Å². The smallest absolute Gasteiger partial charge is 0.258 e. The third kappa shape index (κ3) is 1.38. The van der Waals surface area contributed by atoms with Crippen LogP contribution < -0.4 is 4.52 Å². The van der Waals surface area contributed by atoms with Gasteiger partial charge in [0.2, 0.25) is 0 Å². The quantitative estimate of drug-likeness (QED) is 0.628. The van der Waals surface area contributed by atoms with Gasteiger partial charge >= 0.3 is 0 Å². The van der Waals surface area contributed by atoms with Gasteiger partial charge in [-0.2, -0.15) is 0 Å². The highest BCUT2D eigenvalue weighted by molar-refractivity contribution is 7.43. The average Bonchev–Trinajstić information content (AvgIpc) is 2.28. The Bertz CT molecular complexity index is 587. The highest BCUT2D eigenvalue weighted by Gasteiger charge is 2.11. The molecule has 0 bridgehead atoms. The van der Waals surface area contributed by atoms with E-state index in [0.717, 1.165) is 16.7 Å². The van der Waals surface area contributed by atoms with Gasteiger partial charge in [-0.3, -0.25) is 4.57 Å². The van der Waals surface area contributed by atoms with E-state index in [1.165, 1.54) is 5.39 Å². The largest absolute Gasteiger partial charge is 0.441 e. The van der Waals surface area contributed by atoms with Gasteiger partial charge in [-0.05, 0) is 22.9 Å². The molecular weight excluding hydrogens is 207 g/mol. The van der Waals surface area contributed by atoms with E-state index in [1.54, 1.807) is 5.82 Å². The van der Waals surface area contributed by atoms with Crippen molar-refractivity contribution >= 4 is 24.9 Å². The van der Waals surface area contributed by atoms with E-state index in [0.29, 0.717) is 0 Å². The summed E-state index contributed by atoms with van der Waals surface area (Å²) in [6, 6.07) is 12.0. The van der Waals surface area contributed by atoms with Crippen LogP contribution in [0.15, 0.2) is 42.2 Å². The Morgan fingerprint density at radius 3 is 2.87 bits per heavy atom. The first-order chi connectivity index (χ1) is 7.34. The van der Waals surface area contributed by atoms with E-state index >= 15 is 0 Å². The molecule has 0 aliphatic carbocycles. The molecule has 1 heterocycles. The lowest BCUT2D eigenvalue weighted by atomic mass is 10.0. The fourth-order valence-corrected chi connectivity index (χ4v) is 2.60. The zero-order valence-electron chi connectivity index (χ0n) is 7.94. The molecule has 2 nitrogen and oxygen atoms in total. The summed E-state index contributed by atoms with van der Waals surface area (Å²) in [4.78, 5) is 0. The van der Waals surface area contributed by atoms with E-state index in [-0.39, 0.29) is 0 Å². The molecule has 0 amide bonds. The molecule has 0 fully saturated rings. The topological polar surface area (TPSA) is 26.3 Å². The molecule has 2 aromatic carbocycles. The predicted octanol–water partition coefficient (Wildman–Crippen LogP) is 3.68. The number of hydrogen-bond acceptors (Lipinski definition) is 2. The van der Waals surface area contributed by atoms with Gasteiger partial charge < -0.3 is 4.52 Å². The van der Waals surface area contributed by atoms with Crippen molar-refractivity contribution in [1.82, 2.24) is 0 Å². The first-order valence-electron chi connectivity index (χ1n) is 4.76. The fraction of sp³-hybridized carbons (Fsp3) is 0. The van der Waals surface area contributed by atoms with Gasteiger partial charge in [-0.25, -0.2) is 0 Å². The summed E-state index contributed by atoms with van der Waals surface area (Å²) in [5, 5.41) is 2.31. The van der Waals surface area contributed by atoms with E-state index in [1.807, 2.05) is 36.4 Å². The molecule has 0 saturated carbocycles. The van der Waals surface area contributed by atoms with Crippen molar-refractivity contribution < 1.29 is 9.09 Å². The van der Waals surface area contributed by atoms with Gasteiger partial charge in [0.1, 0.15) is 5.75 Å². The molecule has 0 spiro atoms. The van der Waals surface area contributed by atoms with Gasteiger partial charge in [0.25, 0.3) is 8.03 Å². The Hall–Kier alpha value is -1.53. The van der Waals surface area contributed by atoms with Gasteiger partial charge in [0.15, 0.2) is 0 Å². The second kappa shape index (κ2) is 3.25. The van der Waals surface area contributed by atoms with Crippen LogP contribution in [0.1, 0.15) is 5.56 Å². The summed E-state index contributed by atoms with van der Waals surface area (Å²) in [6.07, 6.45) is 1.89.